The van der Waals surface area contributed by atoms with Gasteiger partial charge in [-0.2, -0.15) is 0 Å². The second-order valence-corrected chi connectivity index (χ2v) is 3.61. The Balaban J connectivity index is 2.20. The Morgan fingerprint density at radius 2 is 2.06 bits per heavy atom. The minimum absolute atomic E-state index is 0.226. The third kappa shape index (κ3) is 2.22. The van der Waals surface area contributed by atoms with Crippen molar-refractivity contribution in [3.63, 3.8) is 0 Å². The zero-order valence-corrected chi connectivity index (χ0v) is 8.84. The maximum Gasteiger partial charge on any atom is 0.168 e. The first kappa shape index (κ1) is 10.7. The number of hydrogen-bond donors (Lipinski definition) is 1. The van der Waals surface area contributed by atoms with Crippen LogP contribution in [-0.2, 0) is 6.54 Å². The zero-order chi connectivity index (χ0) is 11.5. The molecule has 2 N–H and O–H groups in total. The van der Waals surface area contributed by atoms with Crippen molar-refractivity contribution in [1.29, 1.82) is 0 Å². The fraction of sp³-hybridized carbons (Fsp3) is 0.300. The first-order chi connectivity index (χ1) is 7.66. The van der Waals surface area contributed by atoms with Gasteiger partial charge in [-0.15, -0.1) is 5.10 Å². The molecule has 0 fully saturated rings. The second kappa shape index (κ2) is 4.36. The van der Waals surface area contributed by atoms with Crippen molar-refractivity contribution in [2.24, 2.45) is 5.73 Å². The second-order valence-electron chi connectivity index (χ2n) is 3.61. The number of nitrogens with zero attached hydrogens (tertiary/aromatic N) is 4. The molecule has 16 heavy (non-hydrogen) atoms. The van der Waals surface area contributed by atoms with Crippen LogP contribution in [0.5, 0.6) is 0 Å². The molecule has 2 rings (SSSR count). The molecule has 0 radical (unpaired) electrons. The summed E-state index contributed by atoms with van der Waals surface area (Å²) in [7, 11) is 0. The molecule has 0 bridgehead atoms. The van der Waals surface area contributed by atoms with Gasteiger partial charge in [0.25, 0.3) is 0 Å². The average molecular weight is 221 g/mol. The molecule has 0 amide bonds. The van der Waals surface area contributed by atoms with E-state index in [1.807, 2.05) is 6.92 Å². The molecule has 0 spiro atoms. The molecule has 1 atom stereocenters. The molecule has 6 heteroatoms. The zero-order valence-electron chi connectivity index (χ0n) is 8.84. The summed E-state index contributed by atoms with van der Waals surface area (Å²) in [6.45, 7) is 2.30. The third-order valence-corrected chi connectivity index (χ3v) is 2.21. The van der Waals surface area contributed by atoms with Gasteiger partial charge in [0.2, 0.25) is 0 Å². The highest BCUT2D eigenvalue weighted by Crippen LogP contribution is 2.08. The van der Waals surface area contributed by atoms with Crippen molar-refractivity contribution in [3.05, 3.63) is 41.5 Å². The van der Waals surface area contributed by atoms with Crippen LogP contribution in [0.2, 0.25) is 0 Å². The average Bonchev–Trinajstić information content (AvgIpc) is 2.69. The summed E-state index contributed by atoms with van der Waals surface area (Å²) in [5.41, 5.74) is 6.64. The highest BCUT2D eigenvalue weighted by molar-refractivity contribution is 5.16. The van der Waals surface area contributed by atoms with E-state index < -0.39 is 0 Å². The van der Waals surface area contributed by atoms with Gasteiger partial charge in [-0.05, 0) is 35.0 Å². The van der Waals surface area contributed by atoms with E-state index in [-0.39, 0.29) is 11.9 Å². The first-order valence-electron chi connectivity index (χ1n) is 4.93. The largest absolute Gasteiger partial charge is 0.322 e. The van der Waals surface area contributed by atoms with Gasteiger partial charge in [0.1, 0.15) is 5.82 Å². The van der Waals surface area contributed by atoms with E-state index in [9.17, 15) is 4.39 Å². The quantitative estimate of drug-likeness (QED) is 0.835. The van der Waals surface area contributed by atoms with Gasteiger partial charge in [-0.3, -0.25) is 0 Å². The van der Waals surface area contributed by atoms with Gasteiger partial charge in [-0.25, -0.2) is 9.07 Å². The van der Waals surface area contributed by atoms with Gasteiger partial charge in [0.15, 0.2) is 5.82 Å². The van der Waals surface area contributed by atoms with Crippen molar-refractivity contribution in [2.45, 2.75) is 19.5 Å². The molecule has 1 aromatic heterocycles. The van der Waals surface area contributed by atoms with E-state index in [2.05, 4.69) is 15.5 Å². The molecule has 1 unspecified atom stereocenters. The van der Waals surface area contributed by atoms with Crippen LogP contribution < -0.4 is 5.73 Å². The lowest BCUT2D eigenvalue weighted by molar-refractivity contribution is 0.585. The summed E-state index contributed by atoms with van der Waals surface area (Å²) < 4.78 is 14.3. The Bertz CT molecular complexity index is 462. The first-order valence-corrected chi connectivity index (χ1v) is 4.93. The Morgan fingerprint density at radius 3 is 2.69 bits per heavy atom. The highest BCUT2D eigenvalue weighted by Gasteiger charge is 2.10. The van der Waals surface area contributed by atoms with Gasteiger partial charge in [-0.1, -0.05) is 12.1 Å². The molecule has 0 saturated carbocycles. The summed E-state index contributed by atoms with van der Waals surface area (Å²) in [5.74, 6) is 0.359. The van der Waals surface area contributed by atoms with E-state index >= 15 is 0 Å². The highest BCUT2D eigenvalue weighted by atomic mass is 19.1. The monoisotopic (exact) mass is 221 g/mol. The lowest BCUT2D eigenvalue weighted by Crippen LogP contribution is -2.15. The normalized spacial score (nSPS) is 12.7. The van der Waals surface area contributed by atoms with E-state index in [0.717, 1.165) is 5.56 Å². The maximum atomic E-state index is 12.7. The summed E-state index contributed by atoms with van der Waals surface area (Å²) in [4.78, 5) is 0. The van der Waals surface area contributed by atoms with E-state index in [0.29, 0.717) is 12.4 Å². The molecule has 0 aliphatic rings. The number of rotatable bonds is 3. The summed E-state index contributed by atoms with van der Waals surface area (Å²) in [5, 5.41) is 11.2. The molecule has 1 aromatic carbocycles. The summed E-state index contributed by atoms with van der Waals surface area (Å²) >= 11 is 0. The van der Waals surface area contributed by atoms with Crippen molar-refractivity contribution in [3.8, 4) is 0 Å². The molecule has 0 aliphatic heterocycles. The van der Waals surface area contributed by atoms with E-state index in [1.165, 1.54) is 12.1 Å². The maximum absolute atomic E-state index is 12.7. The van der Waals surface area contributed by atoms with Crippen molar-refractivity contribution in [2.75, 3.05) is 0 Å². The molecular formula is C10H12FN5. The van der Waals surface area contributed by atoms with Gasteiger partial charge < -0.3 is 5.73 Å². The number of aromatic nitrogens is 4. The minimum atomic E-state index is -0.257. The predicted molar refractivity (Wildman–Crippen MR) is 55.9 cm³/mol. The van der Waals surface area contributed by atoms with E-state index in [4.69, 9.17) is 5.73 Å². The molecule has 0 saturated heterocycles. The predicted octanol–water partition coefficient (Wildman–Crippen LogP) is 0.880. The van der Waals surface area contributed by atoms with Crippen LogP contribution in [0.15, 0.2) is 24.3 Å². The molecule has 84 valence electrons. The summed E-state index contributed by atoms with van der Waals surface area (Å²) in [6, 6.07) is 5.98. The third-order valence-electron chi connectivity index (χ3n) is 2.21. The SMILES string of the molecule is CC(N)c1nnnn1Cc1ccc(F)cc1. The molecule has 1 heterocycles. The smallest absolute Gasteiger partial charge is 0.168 e. The van der Waals surface area contributed by atoms with Crippen molar-refractivity contribution >= 4 is 0 Å². The fourth-order valence-electron chi connectivity index (χ4n) is 1.41. The lowest BCUT2D eigenvalue weighted by Gasteiger charge is -2.06. The molecule has 5 nitrogen and oxygen atoms in total. The summed E-state index contributed by atoms with van der Waals surface area (Å²) in [6.07, 6.45) is 0. The van der Waals surface area contributed by atoms with Crippen LogP contribution >= 0.6 is 0 Å². The lowest BCUT2D eigenvalue weighted by atomic mass is 10.2. The van der Waals surface area contributed by atoms with Crippen LogP contribution in [-0.4, -0.2) is 20.2 Å². The molecule has 2 aromatic rings. The molecular weight excluding hydrogens is 209 g/mol. The van der Waals surface area contributed by atoms with Crippen molar-refractivity contribution in [1.82, 2.24) is 20.2 Å². The van der Waals surface area contributed by atoms with Crippen LogP contribution in [0.1, 0.15) is 24.4 Å². The van der Waals surface area contributed by atoms with Gasteiger partial charge in [0.05, 0.1) is 12.6 Å². The number of halogens is 1. The van der Waals surface area contributed by atoms with Crippen LogP contribution in [0.25, 0.3) is 0 Å². The number of hydrogen-bond acceptors (Lipinski definition) is 4. The number of tetrazole rings is 1. The standard InChI is InChI=1S/C10H12FN5/c1-7(12)10-13-14-15-16(10)6-8-2-4-9(11)5-3-8/h2-5,7H,6,12H2,1H3. The number of nitrogens with two attached hydrogens (primary N) is 1. The Kier molecular flexibility index (Phi) is 2.91. The Labute approximate surface area is 92.1 Å². The van der Waals surface area contributed by atoms with Crippen LogP contribution in [0, 0.1) is 5.82 Å². The van der Waals surface area contributed by atoms with Gasteiger partial charge in [0, 0.05) is 0 Å². The fourth-order valence-corrected chi connectivity index (χ4v) is 1.41. The van der Waals surface area contributed by atoms with Crippen LogP contribution in [0.3, 0.4) is 0 Å². The van der Waals surface area contributed by atoms with E-state index in [1.54, 1.807) is 16.8 Å². The topological polar surface area (TPSA) is 69.6 Å². The molecule has 0 aliphatic carbocycles. The van der Waals surface area contributed by atoms with Crippen molar-refractivity contribution < 1.29 is 4.39 Å². The minimum Gasteiger partial charge on any atom is -0.322 e. The van der Waals surface area contributed by atoms with Crippen LogP contribution in [0.4, 0.5) is 4.39 Å². The van der Waals surface area contributed by atoms with Gasteiger partial charge >= 0.3 is 0 Å². The number of benzene rings is 1. The Morgan fingerprint density at radius 1 is 1.38 bits per heavy atom. The Hall–Kier alpha value is -1.82.